The van der Waals surface area contributed by atoms with Gasteiger partial charge in [0.1, 0.15) is 0 Å². The molecule has 1 aliphatic carbocycles. The van der Waals surface area contributed by atoms with Gasteiger partial charge in [0, 0.05) is 25.7 Å². The van der Waals surface area contributed by atoms with Crippen LogP contribution in [0.5, 0.6) is 0 Å². The second-order valence-electron chi connectivity index (χ2n) is 4.68. The summed E-state index contributed by atoms with van der Waals surface area (Å²) < 4.78 is 5.34. The zero-order valence-corrected chi connectivity index (χ0v) is 9.65. The highest BCUT2D eigenvalue weighted by molar-refractivity contribution is 5.78. The Bertz CT molecular complexity index is 243. The van der Waals surface area contributed by atoms with Gasteiger partial charge in [0.2, 0.25) is 5.91 Å². The van der Waals surface area contributed by atoms with Crippen LogP contribution in [0.3, 0.4) is 0 Å². The Balaban J connectivity index is 1.70. The molecule has 1 saturated carbocycles. The Kier molecular flexibility index (Phi) is 4.15. The molecule has 2 aliphatic rings. The van der Waals surface area contributed by atoms with Crippen LogP contribution in [0.4, 0.5) is 0 Å². The van der Waals surface area contributed by atoms with Gasteiger partial charge in [-0.2, -0.15) is 0 Å². The third-order valence-electron chi connectivity index (χ3n) is 3.25. The van der Waals surface area contributed by atoms with Gasteiger partial charge in [-0.15, -0.1) is 0 Å². The van der Waals surface area contributed by atoms with Gasteiger partial charge in [-0.25, -0.2) is 0 Å². The number of morpholine rings is 1. The Labute approximate surface area is 96.3 Å². The summed E-state index contributed by atoms with van der Waals surface area (Å²) in [6.45, 7) is 4.00. The molecule has 92 valence electrons. The summed E-state index contributed by atoms with van der Waals surface area (Å²) in [6.07, 6.45) is 2.53. The predicted octanol–water partition coefficient (Wildman–Crippen LogP) is -0.828. The monoisotopic (exact) mass is 227 g/mol. The van der Waals surface area contributed by atoms with Gasteiger partial charge in [-0.05, 0) is 18.8 Å². The van der Waals surface area contributed by atoms with Crippen LogP contribution in [-0.2, 0) is 9.53 Å². The zero-order chi connectivity index (χ0) is 11.4. The van der Waals surface area contributed by atoms with Crippen molar-refractivity contribution in [3.05, 3.63) is 0 Å². The molecule has 5 heteroatoms. The molecule has 2 fully saturated rings. The Morgan fingerprint density at radius 3 is 3.00 bits per heavy atom. The lowest BCUT2D eigenvalue weighted by Gasteiger charge is -2.34. The zero-order valence-electron chi connectivity index (χ0n) is 9.65. The average molecular weight is 227 g/mol. The first-order chi connectivity index (χ1) is 7.79. The number of carbonyl (C=O) groups is 1. The van der Waals surface area contributed by atoms with E-state index in [1.54, 1.807) is 0 Å². The van der Waals surface area contributed by atoms with Crippen molar-refractivity contribution in [2.45, 2.75) is 18.9 Å². The lowest BCUT2D eigenvalue weighted by atomic mass is 10.2. The standard InChI is InChI=1S/C11H21N3O2/c12-5-10-8-16-4-3-14(10)7-11(15)13-6-9-1-2-9/h9-10H,1-8,12H2,(H,13,15). The molecule has 0 aromatic carbocycles. The van der Waals surface area contributed by atoms with E-state index in [9.17, 15) is 4.79 Å². The number of hydrogen-bond donors (Lipinski definition) is 2. The smallest absolute Gasteiger partial charge is 0.234 e. The van der Waals surface area contributed by atoms with E-state index in [-0.39, 0.29) is 11.9 Å². The van der Waals surface area contributed by atoms with Crippen molar-refractivity contribution in [3.8, 4) is 0 Å². The highest BCUT2D eigenvalue weighted by Crippen LogP contribution is 2.27. The molecule has 1 aliphatic heterocycles. The quantitative estimate of drug-likeness (QED) is 0.643. The molecule has 0 aromatic rings. The van der Waals surface area contributed by atoms with Crippen LogP contribution in [0.2, 0.25) is 0 Å². The highest BCUT2D eigenvalue weighted by Gasteiger charge is 2.25. The molecule has 0 radical (unpaired) electrons. The predicted molar refractivity (Wildman–Crippen MR) is 61.0 cm³/mol. The van der Waals surface area contributed by atoms with Gasteiger partial charge >= 0.3 is 0 Å². The SMILES string of the molecule is NCC1COCCN1CC(=O)NCC1CC1. The fourth-order valence-corrected chi connectivity index (χ4v) is 1.93. The molecule has 1 atom stereocenters. The van der Waals surface area contributed by atoms with E-state index in [0.717, 1.165) is 19.0 Å². The number of carbonyl (C=O) groups excluding carboxylic acids is 1. The molecule has 1 unspecified atom stereocenters. The molecule has 1 heterocycles. The lowest BCUT2D eigenvalue weighted by Crippen LogP contribution is -2.52. The summed E-state index contributed by atoms with van der Waals surface area (Å²) in [7, 11) is 0. The number of nitrogens with one attached hydrogen (secondary N) is 1. The van der Waals surface area contributed by atoms with Crippen LogP contribution in [0, 0.1) is 5.92 Å². The van der Waals surface area contributed by atoms with Crippen molar-refractivity contribution in [2.24, 2.45) is 11.7 Å². The van der Waals surface area contributed by atoms with Crippen molar-refractivity contribution < 1.29 is 9.53 Å². The summed E-state index contributed by atoms with van der Waals surface area (Å²) in [6, 6.07) is 0.195. The minimum Gasteiger partial charge on any atom is -0.378 e. The van der Waals surface area contributed by atoms with E-state index in [0.29, 0.717) is 26.3 Å². The molecule has 16 heavy (non-hydrogen) atoms. The molecule has 1 amide bonds. The molecular weight excluding hydrogens is 206 g/mol. The van der Waals surface area contributed by atoms with Gasteiger partial charge in [0.05, 0.1) is 19.8 Å². The van der Waals surface area contributed by atoms with E-state index < -0.39 is 0 Å². The van der Waals surface area contributed by atoms with E-state index >= 15 is 0 Å². The fraction of sp³-hybridized carbons (Fsp3) is 0.909. The third-order valence-corrected chi connectivity index (χ3v) is 3.25. The largest absolute Gasteiger partial charge is 0.378 e. The molecule has 3 N–H and O–H groups in total. The molecule has 0 aromatic heterocycles. The third kappa shape index (κ3) is 3.43. The second-order valence-corrected chi connectivity index (χ2v) is 4.68. The minimum atomic E-state index is 0.118. The van der Waals surface area contributed by atoms with E-state index in [2.05, 4.69) is 10.2 Å². The van der Waals surface area contributed by atoms with Crippen molar-refractivity contribution in [1.29, 1.82) is 0 Å². The van der Waals surface area contributed by atoms with Gasteiger partial charge in [-0.1, -0.05) is 0 Å². The Morgan fingerprint density at radius 2 is 2.31 bits per heavy atom. The summed E-state index contributed by atoms with van der Waals surface area (Å²) in [5.74, 6) is 0.853. The van der Waals surface area contributed by atoms with Crippen molar-refractivity contribution in [1.82, 2.24) is 10.2 Å². The Hall–Kier alpha value is -0.650. The number of ether oxygens (including phenoxy) is 1. The minimum absolute atomic E-state index is 0.118. The van der Waals surface area contributed by atoms with Gasteiger partial charge < -0.3 is 15.8 Å². The van der Waals surface area contributed by atoms with Gasteiger partial charge in [0.25, 0.3) is 0 Å². The van der Waals surface area contributed by atoms with Crippen LogP contribution in [0.15, 0.2) is 0 Å². The van der Waals surface area contributed by atoms with Crippen LogP contribution >= 0.6 is 0 Å². The number of nitrogens with zero attached hydrogens (tertiary/aromatic N) is 1. The second kappa shape index (κ2) is 5.61. The van der Waals surface area contributed by atoms with Gasteiger partial charge in [-0.3, -0.25) is 9.69 Å². The number of amides is 1. The van der Waals surface area contributed by atoms with Crippen LogP contribution in [-0.4, -0.2) is 56.2 Å². The normalized spacial score (nSPS) is 26.7. The summed E-state index contributed by atoms with van der Waals surface area (Å²) >= 11 is 0. The van der Waals surface area contributed by atoms with Crippen molar-refractivity contribution >= 4 is 5.91 Å². The number of rotatable bonds is 5. The van der Waals surface area contributed by atoms with E-state index in [4.69, 9.17) is 10.5 Å². The molecule has 1 saturated heterocycles. The summed E-state index contributed by atoms with van der Waals surface area (Å²) in [4.78, 5) is 13.8. The van der Waals surface area contributed by atoms with Crippen molar-refractivity contribution in [2.75, 3.05) is 39.4 Å². The molecule has 5 nitrogen and oxygen atoms in total. The molecular formula is C11H21N3O2. The van der Waals surface area contributed by atoms with Gasteiger partial charge in [0.15, 0.2) is 0 Å². The fourth-order valence-electron chi connectivity index (χ4n) is 1.93. The topological polar surface area (TPSA) is 67.6 Å². The molecule has 0 spiro atoms. The first kappa shape index (κ1) is 11.8. The van der Waals surface area contributed by atoms with Crippen LogP contribution in [0.25, 0.3) is 0 Å². The molecule has 2 rings (SSSR count). The number of nitrogens with two attached hydrogens (primary N) is 1. The summed E-state index contributed by atoms with van der Waals surface area (Å²) in [5, 5.41) is 2.97. The maximum Gasteiger partial charge on any atom is 0.234 e. The van der Waals surface area contributed by atoms with E-state index in [1.165, 1.54) is 12.8 Å². The summed E-state index contributed by atoms with van der Waals surface area (Å²) in [5.41, 5.74) is 5.65. The van der Waals surface area contributed by atoms with Crippen LogP contribution in [0.1, 0.15) is 12.8 Å². The maximum atomic E-state index is 11.7. The van der Waals surface area contributed by atoms with E-state index in [1.807, 2.05) is 0 Å². The van der Waals surface area contributed by atoms with Crippen molar-refractivity contribution in [3.63, 3.8) is 0 Å². The highest BCUT2D eigenvalue weighted by atomic mass is 16.5. The Morgan fingerprint density at radius 1 is 1.50 bits per heavy atom. The first-order valence-electron chi connectivity index (χ1n) is 6.08. The molecule has 0 bridgehead atoms. The first-order valence-corrected chi connectivity index (χ1v) is 6.08. The number of hydrogen-bond acceptors (Lipinski definition) is 4. The lowest BCUT2D eigenvalue weighted by molar-refractivity contribution is -0.124. The average Bonchev–Trinajstić information content (AvgIpc) is 3.11. The maximum absolute atomic E-state index is 11.7. The van der Waals surface area contributed by atoms with Crippen LogP contribution < -0.4 is 11.1 Å².